The molecule has 0 radical (unpaired) electrons. The number of amides is 2. The van der Waals surface area contributed by atoms with E-state index in [1.54, 1.807) is 11.8 Å². The SMILES string of the molecule is COc1cc(C(=O)N2C[C@H]3CCCN3C(=O)[C@H]2C)cc(OC)c1O. The van der Waals surface area contributed by atoms with Gasteiger partial charge < -0.3 is 24.4 Å². The van der Waals surface area contributed by atoms with Crippen LogP contribution in [0.1, 0.15) is 30.1 Å². The van der Waals surface area contributed by atoms with Gasteiger partial charge in [0, 0.05) is 24.7 Å². The molecule has 3 rings (SSSR count). The first-order valence-corrected chi connectivity index (χ1v) is 8.04. The summed E-state index contributed by atoms with van der Waals surface area (Å²) in [5.41, 5.74) is 0.326. The minimum atomic E-state index is -0.502. The van der Waals surface area contributed by atoms with Crippen LogP contribution in [0.15, 0.2) is 12.1 Å². The highest BCUT2D eigenvalue weighted by Gasteiger charge is 2.42. The van der Waals surface area contributed by atoms with Gasteiger partial charge >= 0.3 is 0 Å². The van der Waals surface area contributed by atoms with E-state index >= 15 is 0 Å². The number of ether oxygens (including phenoxy) is 2. The number of benzene rings is 1. The molecule has 2 atom stereocenters. The fourth-order valence-electron chi connectivity index (χ4n) is 3.52. The number of carbonyl (C=O) groups is 2. The Bertz CT molecular complexity index is 650. The topological polar surface area (TPSA) is 79.3 Å². The second kappa shape index (κ2) is 6.22. The molecule has 130 valence electrons. The quantitative estimate of drug-likeness (QED) is 0.900. The minimum absolute atomic E-state index is 0.00481. The number of hydrogen-bond donors (Lipinski definition) is 1. The normalized spacial score (nSPS) is 23.2. The third kappa shape index (κ3) is 2.53. The molecule has 2 aliphatic rings. The van der Waals surface area contributed by atoms with Gasteiger partial charge in [0.25, 0.3) is 5.91 Å². The number of hydrogen-bond acceptors (Lipinski definition) is 5. The van der Waals surface area contributed by atoms with Crippen LogP contribution >= 0.6 is 0 Å². The molecule has 2 amide bonds. The van der Waals surface area contributed by atoms with E-state index in [9.17, 15) is 14.7 Å². The molecule has 0 unspecified atom stereocenters. The molecule has 7 nitrogen and oxygen atoms in total. The van der Waals surface area contributed by atoms with Crippen LogP contribution in [0.5, 0.6) is 17.2 Å². The number of phenolic OH excluding ortho intramolecular Hbond substituents is 1. The third-order valence-electron chi connectivity index (χ3n) is 4.88. The zero-order valence-corrected chi connectivity index (χ0v) is 14.1. The lowest BCUT2D eigenvalue weighted by Gasteiger charge is -2.41. The first-order valence-electron chi connectivity index (χ1n) is 8.04. The lowest BCUT2D eigenvalue weighted by atomic mass is 10.0. The fraction of sp³-hybridized carbons (Fsp3) is 0.529. The molecule has 2 saturated heterocycles. The van der Waals surface area contributed by atoms with Gasteiger partial charge in [0.1, 0.15) is 6.04 Å². The van der Waals surface area contributed by atoms with Gasteiger partial charge in [0.05, 0.1) is 14.2 Å². The highest BCUT2D eigenvalue weighted by molar-refractivity contribution is 5.99. The van der Waals surface area contributed by atoms with E-state index in [4.69, 9.17) is 9.47 Å². The number of methoxy groups -OCH3 is 2. The second-order valence-electron chi connectivity index (χ2n) is 6.19. The summed E-state index contributed by atoms with van der Waals surface area (Å²) in [5, 5.41) is 9.99. The van der Waals surface area contributed by atoms with Crippen LogP contribution in [-0.2, 0) is 4.79 Å². The number of aromatic hydroxyl groups is 1. The molecule has 1 aromatic rings. The maximum Gasteiger partial charge on any atom is 0.254 e. The molecule has 0 aromatic heterocycles. The Hall–Kier alpha value is -2.44. The maximum atomic E-state index is 13.0. The van der Waals surface area contributed by atoms with Crippen molar-refractivity contribution in [2.45, 2.75) is 31.8 Å². The van der Waals surface area contributed by atoms with E-state index in [1.165, 1.54) is 26.4 Å². The smallest absolute Gasteiger partial charge is 0.254 e. The number of nitrogens with zero attached hydrogens (tertiary/aromatic N) is 2. The van der Waals surface area contributed by atoms with E-state index in [2.05, 4.69) is 0 Å². The summed E-state index contributed by atoms with van der Waals surface area (Å²) in [4.78, 5) is 28.9. The summed E-state index contributed by atoms with van der Waals surface area (Å²) < 4.78 is 10.2. The standard InChI is InChI=1S/C17H22N2O5/c1-10-16(21)18-6-4-5-12(18)9-19(10)17(22)11-7-13(23-2)15(20)14(8-11)24-3/h7-8,10,12,20H,4-6,9H2,1-3H3/t10-,12-/m1/s1. The van der Waals surface area contributed by atoms with Crippen molar-refractivity contribution in [2.24, 2.45) is 0 Å². The van der Waals surface area contributed by atoms with E-state index in [0.717, 1.165) is 19.4 Å². The van der Waals surface area contributed by atoms with Crippen LogP contribution < -0.4 is 9.47 Å². The monoisotopic (exact) mass is 334 g/mol. The Morgan fingerprint density at radius 3 is 2.46 bits per heavy atom. The average Bonchev–Trinajstić information content (AvgIpc) is 3.06. The molecule has 2 fully saturated rings. The van der Waals surface area contributed by atoms with Gasteiger partial charge in [-0.25, -0.2) is 0 Å². The number of piperazine rings is 1. The first-order chi connectivity index (χ1) is 11.5. The molecule has 0 bridgehead atoms. The third-order valence-corrected chi connectivity index (χ3v) is 4.88. The highest BCUT2D eigenvalue weighted by atomic mass is 16.5. The largest absolute Gasteiger partial charge is 0.502 e. The van der Waals surface area contributed by atoms with Crippen molar-refractivity contribution in [3.63, 3.8) is 0 Å². The van der Waals surface area contributed by atoms with Gasteiger partial charge in [-0.2, -0.15) is 0 Å². The minimum Gasteiger partial charge on any atom is -0.502 e. The molecule has 1 N–H and O–H groups in total. The molecular weight excluding hydrogens is 312 g/mol. The zero-order valence-electron chi connectivity index (χ0n) is 14.1. The maximum absolute atomic E-state index is 13.0. The number of carbonyl (C=O) groups excluding carboxylic acids is 2. The molecule has 24 heavy (non-hydrogen) atoms. The van der Waals surface area contributed by atoms with Crippen molar-refractivity contribution >= 4 is 11.8 Å². The first kappa shape index (κ1) is 16.4. The van der Waals surface area contributed by atoms with Crippen LogP contribution in [0.2, 0.25) is 0 Å². The van der Waals surface area contributed by atoms with E-state index in [0.29, 0.717) is 12.1 Å². The van der Waals surface area contributed by atoms with Crippen molar-refractivity contribution < 1.29 is 24.2 Å². The predicted molar refractivity (Wildman–Crippen MR) is 86.4 cm³/mol. The van der Waals surface area contributed by atoms with E-state index in [1.807, 2.05) is 4.90 Å². The highest BCUT2D eigenvalue weighted by Crippen LogP contribution is 2.38. The second-order valence-corrected chi connectivity index (χ2v) is 6.19. The van der Waals surface area contributed by atoms with Crippen molar-refractivity contribution in [1.29, 1.82) is 0 Å². The molecule has 0 saturated carbocycles. The van der Waals surface area contributed by atoms with E-state index < -0.39 is 6.04 Å². The Balaban J connectivity index is 1.92. The summed E-state index contributed by atoms with van der Waals surface area (Å²) >= 11 is 0. The zero-order chi connectivity index (χ0) is 17.4. The molecular formula is C17H22N2O5. The van der Waals surface area contributed by atoms with Crippen LogP contribution in [0.25, 0.3) is 0 Å². The summed E-state index contributed by atoms with van der Waals surface area (Å²) in [7, 11) is 2.82. The van der Waals surface area contributed by atoms with Crippen LogP contribution in [0.3, 0.4) is 0 Å². The molecule has 7 heteroatoms. The lowest BCUT2D eigenvalue weighted by molar-refractivity contribution is -0.141. The fourth-order valence-corrected chi connectivity index (χ4v) is 3.52. The van der Waals surface area contributed by atoms with Gasteiger partial charge in [0.2, 0.25) is 11.7 Å². The summed E-state index contributed by atoms with van der Waals surface area (Å²) in [6, 6.07) is 2.53. The number of rotatable bonds is 3. The number of fused-ring (bicyclic) bond motifs is 1. The summed E-state index contributed by atoms with van der Waals surface area (Å²) in [6.07, 6.45) is 1.90. The lowest BCUT2D eigenvalue weighted by Crippen LogP contribution is -2.60. The molecule has 0 aliphatic carbocycles. The Labute approximate surface area is 140 Å². The van der Waals surface area contributed by atoms with Gasteiger partial charge in [0.15, 0.2) is 11.5 Å². The molecule has 0 spiro atoms. The van der Waals surface area contributed by atoms with Crippen LogP contribution in [-0.4, -0.2) is 66.1 Å². The van der Waals surface area contributed by atoms with Gasteiger partial charge in [-0.1, -0.05) is 0 Å². The van der Waals surface area contributed by atoms with Crippen LogP contribution in [0, 0.1) is 0 Å². The predicted octanol–water partition coefficient (Wildman–Crippen LogP) is 1.24. The van der Waals surface area contributed by atoms with Crippen molar-refractivity contribution in [3.05, 3.63) is 17.7 Å². The molecule has 2 aliphatic heterocycles. The summed E-state index contributed by atoms with van der Waals surface area (Å²) in [6.45, 7) is 3.05. The molecule has 2 heterocycles. The summed E-state index contributed by atoms with van der Waals surface area (Å²) in [5.74, 6) is -0.0949. The number of phenols is 1. The average molecular weight is 334 g/mol. The van der Waals surface area contributed by atoms with Crippen molar-refractivity contribution in [3.8, 4) is 17.2 Å². The van der Waals surface area contributed by atoms with Gasteiger partial charge in [-0.3, -0.25) is 9.59 Å². The van der Waals surface area contributed by atoms with Gasteiger partial charge in [-0.05, 0) is 31.9 Å². The Morgan fingerprint density at radius 1 is 1.25 bits per heavy atom. The molecule has 1 aromatic carbocycles. The van der Waals surface area contributed by atoms with Crippen molar-refractivity contribution in [2.75, 3.05) is 27.3 Å². The van der Waals surface area contributed by atoms with Crippen LogP contribution in [0.4, 0.5) is 0 Å². The van der Waals surface area contributed by atoms with E-state index in [-0.39, 0.29) is 35.1 Å². The Kier molecular flexibility index (Phi) is 4.26. The van der Waals surface area contributed by atoms with Gasteiger partial charge in [-0.15, -0.1) is 0 Å². The van der Waals surface area contributed by atoms with Crippen molar-refractivity contribution in [1.82, 2.24) is 9.80 Å². The Morgan fingerprint density at radius 2 is 1.88 bits per heavy atom.